The van der Waals surface area contributed by atoms with Crippen LogP contribution in [0.4, 0.5) is 0 Å². The summed E-state index contributed by atoms with van der Waals surface area (Å²) in [7, 11) is 0. The van der Waals surface area contributed by atoms with Crippen molar-refractivity contribution in [3.8, 4) is 5.75 Å². The first-order valence-electron chi connectivity index (χ1n) is 12.2. The van der Waals surface area contributed by atoms with E-state index in [0.29, 0.717) is 19.6 Å². The van der Waals surface area contributed by atoms with Gasteiger partial charge in [-0.1, -0.05) is 61.5 Å². The molecule has 0 aliphatic rings. The SMILES string of the molecule is CCc1ccc(OCCCn2c(CCCNC(=O)Cc3ccccc3)nc3ccccc32)cc1. The Labute approximate surface area is 201 Å². The molecular weight excluding hydrogens is 422 g/mol. The van der Waals surface area contributed by atoms with E-state index in [0.717, 1.165) is 60.4 Å². The number of aromatic nitrogens is 2. The summed E-state index contributed by atoms with van der Waals surface area (Å²) >= 11 is 0. The summed E-state index contributed by atoms with van der Waals surface area (Å²) in [5.41, 5.74) is 4.52. The van der Waals surface area contributed by atoms with E-state index in [1.807, 2.05) is 48.5 Å². The van der Waals surface area contributed by atoms with E-state index in [-0.39, 0.29) is 5.91 Å². The summed E-state index contributed by atoms with van der Waals surface area (Å²) < 4.78 is 8.24. The average Bonchev–Trinajstić information content (AvgIpc) is 3.23. The Morgan fingerprint density at radius 3 is 2.47 bits per heavy atom. The largest absolute Gasteiger partial charge is 0.494 e. The normalized spacial score (nSPS) is 11.0. The molecule has 176 valence electrons. The molecule has 1 amide bonds. The van der Waals surface area contributed by atoms with Crippen molar-refractivity contribution < 1.29 is 9.53 Å². The smallest absolute Gasteiger partial charge is 0.224 e. The molecule has 3 aromatic carbocycles. The second-order valence-corrected chi connectivity index (χ2v) is 8.48. The van der Waals surface area contributed by atoms with Gasteiger partial charge in [0, 0.05) is 19.5 Å². The maximum atomic E-state index is 12.2. The number of carbonyl (C=O) groups excluding carboxylic acids is 1. The van der Waals surface area contributed by atoms with Crippen LogP contribution in [0.2, 0.25) is 0 Å². The molecule has 0 aliphatic carbocycles. The number of aryl methyl sites for hydroxylation is 3. The van der Waals surface area contributed by atoms with E-state index in [1.165, 1.54) is 5.56 Å². The van der Waals surface area contributed by atoms with Crippen molar-refractivity contribution in [3.63, 3.8) is 0 Å². The molecule has 5 heteroatoms. The highest BCUT2D eigenvalue weighted by Crippen LogP contribution is 2.18. The molecule has 1 heterocycles. The quantitative estimate of drug-likeness (QED) is 0.293. The minimum absolute atomic E-state index is 0.0591. The lowest BCUT2D eigenvalue weighted by Crippen LogP contribution is -2.26. The van der Waals surface area contributed by atoms with Gasteiger partial charge < -0.3 is 14.6 Å². The van der Waals surface area contributed by atoms with Gasteiger partial charge in [-0.2, -0.15) is 0 Å². The van der Waals surface area contributed by atoms with Crippen LogP contribution >= 0.6 is 0 Å². The summed E-state index contributed by atoms with van der Waals surface area (Å²) in [6, 6.07) is 26.4. The molecule has 4 aromatic rings. The Bertz CT molecular complexity index is 1180. The maximum Gasteiger partial charge on any atom is 0.224 e. The Hall–Kier alpha value is -3.60. The average molecular weight is 456 g/mol. The van der Waals surface area contributed by atoms with Crippen molar-refractivity contribution in [1.29, 1.82) is 0 Å². The molecule has 34 heavy (non-hydrogen) atoms. The highest BCUT2D eigenvalue weighted by atomic mass is 16.5. The number of rotatable bonds is 12. The minimum Gasteiger partial charge on any atom is -0.494 e. The molecule has 1 aromatic heterocycles. The topological polar surface area (TPSA) is 56.1 Å². The highest BCUT2D eigenvalue weighted by Gasteiger charge is 2.11. The summed E-state index contributed by atoms with van der Waals surface area (Å²) in [6.07, 6.45) is 4.02. The van der Waals surface area contributed by atoms with E-state index in [1.54, 1.807) is 0 Å². The second kappa shape index (κ2) is 12.0. The number of amides is 1. The first-order chi connectivity index (χ1) is 16.7. The van der Waals surface area contributed by atoms with Crippen molar-refractivity contribution in [2.45, 2.75) is 45.6 Å². The van der Waals surface area contributed by atoms with E-state index in [9.17, 15) is 4.79 Å². The summed E-state index contributed by atoms with van der Waals surface area (Å²) in [4.78, 5) is 17.1. The van der Waals surface area contributed by atoms with Gasteiger partial charge in [0.15, 0.2) is 0 Å². The van der Waals surface area contributed by atoms with Crippen LogP contribution in [0.3, 0.4) is 0 Å². The molecule has 1 N–H and O–H groups in total. The fourth-order valence-electron chi connectivity index (χ4n) is 4.12. The molecule has 4 rings (SSSR count). The van der Waals surface area contributed by atoms with Crippen LogP contribution in [0.1, 0.15) is 36.7 Å². The number of benzene rings is 3. The molecule has 0 saturated carbocycles. The molecular formula is C29H33N3O2. The Morgan fingerprint density at radius 1 is 0.912 bits per heavy atom. The number of hydrogen-bond donors (Lipinski definition) is 1. The molecule has 0 unspecified atom stereocenters. The van der Waals surface area contributed by atoms with E-state index >= 15 is 0 Å². The van der Waals surface area contributed by atoms with Crippen LogP contribution in [-0.2, 0) is 30.6 Å². The number of hydrogen-bond acceptors (Lipinski definition) is 3. The predicted octanol–water partition coefficient (Wildman–Crippen LogP) is 5.36. The first kappa shape index (κ1) is 23.6. The predicted molar refractivity (Wildman–Crippen MR) is 137 cm³/mol. The zero-order valence-corrected chi connectivity index (χ0v) is 19.9. The van der Waals surface area contributed by atoms with Gasteiger partial charge in [0.05, 0.1) is 24.1 Å². The molecule has 5 nitrogen and oxygen atoms in total. The fraction of sp³-hybridized carbons (Fsp3) is 0.310. The van der Waals surface area contributed by atoms with Gasteiger partial charge in [0.2, 0.25) is 5.91 Å². The third kappa shape index (κ3) is 6.47. The van der Waals surface area contributed by atoms with Gasteiger partial charge in [0.1, 0.15) is 11.6 Å². The van der Waals surface area contributed by atoms with Crippen LogP contribution in [-0.4, -0.2) is 28.6 Å². The van der Waals surface area contributed by atoms with Crippen LogP contribution < -0.4 is 10.1 Å². The van der Waals surface area contributed by atoms with Gasteiger partial charge in [0.25, 0.3) is 0 Å². The van der Waals surface area contributed by atoms with Gasteiger partial charge in [-0.15, -0.1) is 0 Å². The Kier molecular flexibility index (Phi) is 8.33. The van der Waals surface area contributed by atoms with Crippen molar-refractivity contribution >= 4 is 16.9 Å². The lowest BCUT2D eigenvalue weighted by Gasteiger charge is -2.11. The number of ether oxygens (including phenoxy) is 1. The lowest BCUT2D eigenvalue weighted by atomic mass is 10.1. The molecule has 0 fully saturated rings. The van der Waals surface area contributed by atoms with Crippen LogP contribution in [0.25, 0.3) is 11.0 Å². The van der Waals surface area contributed by atoms with Gasteiger partial charge in [-0.3, -0.25) is 4.79 Å². The van der Waals surface area contributed by atoms with E-state index in [4.69, 9.17) is 9.72 Å². The minimum atomic E-state index is 0.0591. The zero-order chi connectivity index (χ0) is 23.6. The number of imidazole rings is 1. The van der Waals surface area contributed by atoms with Gasteiger partial charge in [-0.25, -0.2) is 4.98 Å². The van der Waals surface area contributed by atoms with Crippen molar-refractivity contribution in [3.05, 3.63) is 95.8 Å². The number of nitrogens with zero attached hydrogens (tertiary/aromatic N) is 2. The van der Waals surface area contributed by atoms with Crippen LogP contribution in [0.5, 0.6) is 5.75 Å². The first-order valence-corrected chi connectivity index (χ1v) is 12.2. The fourth-order valence-corrected chi connectivity index (χ4v) is 4.12. The monoisotopic (exact) mass is 455 g/mol. The number of para-hydroxylation sites is 2. The molecule has 0 radical (unpaired) electrons. The number of nitrogens with one attached hydrogen (secondary N) is 1. The summed E-state index contributed by atoms with van der Waals surface area (Å²) in [5.74, 6) is 2.04. The number of fused-ring (bicyclic) bond motifs is 1. The summed E-state index contributed by atoms with van der Waals surface area (Å²) in [6.45, 7) is 4.31. The van der Waals surface area contributed by atoms with Crippen LogP contribution in [0, 0.1) is 0 Å². The van der Waals surface area contributed by atoms with E-state index < -0.39 is 0 Å². The third-order valence-corrected chi connectivity index (χ3v) is 5.97. The zero-order valence-electron chi connectivity index (χ0n) is 19.9. The third-order valence-electron chi connectivity index (χ3n) is 5.97. The van der Waals surface area contributed by atoms with Crippen LogP contribution in [0.15, 0.2) is 78.9 Å². The lowest BCUT2D eigenvalue weighted by molar-refractivity contribution is -0.120. The standard InChI is InChI=1S/C29H33N3O2/c1-2-23-15-17-25(18-16-23)34-21-9-20-32-27-13-7-6-12-26(27)31-28(32)14-8-19-30-29(33)22-24-10-4-3-5-11-24/h3-7,10-13,15-18H,2,8-9,14,19-22H2,1H3,(H,30,33). The number of carbonyl (C=O) groups is 1. The van der Waals surface area contributed by atoms with E-state index in [2.05, 4.69) is 47.1 Å². The molecule has 0 atom stereocenters. The summed E-state index contributed by atoms with van der Waals surface area (Å²) in [5, 5.41) is 3.04. The molecule has 0 spiro atoms. The van der Waals surface area contributed by atoms with Crippen molar-refractivity contribution in [2.75, 3.05) is 13.2 Å². The second-order valence-electron chi connectivity index (χ2n) is 8.48. The Morgan fingerprint density at radius 2 is 1.68 bits per heavy atom. The maximum absolute atomic E-state index is 12.2. The molecule has 0 aliphatic heterocycles. The van der Waals surface area contributed by atoms with Crippen molar-refractivity contribution in [2.24, 2.45) is 0 Å². The molecule has 0 bridgehead atoms. The van der Waals surface area contributed by atoms with Gasteiger partial charge >= 0.3 is 0 Å². The van der Waals surface area contributed by atoms with Crippen molar-refractivity contribution in [1.82, 2.24) is 14.9 Å². The highest BCUT2D eigenvalue weighted by molar-refractivity contribution is 5.78. The Balaban J connectivity index is 1.28. The molecule has 0 saturated heterocycles. The van der Waals surface area contributed by atoms with Gasteiger partial charge in [-0.05, 0) is 54.7 Å².